The third-order valence-electron chi connectivity index (χ3n) is 2.71. The normalized spacial score (nSPS) is 28.5. The van der Waals surface area contributed by atoms with Gasteiger partial charge in [-0.3, -0.25) is 0 Å². The molecule has 1 aliphatic carbocycles. The highest BCUT2D eigenvalue weighted by molar-refractivity contribution is 7.10. The Labute approximate surface area is 77.6 Å². The van der Waals surface area contributed by atoms with Crippen LogP contribution in [0.5, 0.6) is 0 Å². The number of thiophene rings is 1. The van der Waals surface area contributed by atoms with Gasteiger partial charge < -0.3 is 5.73 Å². The van der Waals surface area contributed by atoms with Crippen LogP contribution in [-0.4, -0.2) is 0 Å². The van der Waals surface area contributed by atoms with Gasteiger partial charge in [-0.15, -0.1) is 11.3 Å². The second-order valence-electron chi connectivity index (χ2n) is 3.98. The van der Waals surface area contributed by atoms with Gasteiger partial charge in [0.2, 0.25) is 0 Å². The van der Waals surface area contributed by atoms with E-state index in [1.54, 1.807) is 0 Å². The molecule has 0 fully saturated rings. The fourth-order valence-electron chi connectivity index (χ4n) is 2.19. The number of fused-ring (bicyclic) bond motifs is 1. The molecule has 0 bridgehead atoms. The fourth-order valence-corrected chi connectivity index (χ4v) is 3.25. The minimum atomic E-state index is 0.728. The average molecular weight is 181 g/mol. The van der Waals surface area contributed by atoms with Gasteiger partial charge in [-0.05, 0) is 30.2 Å². The lowest BCUT2D eigenvalue weighted by Gasteiger charge is -2.24. The van der Waals surface area contributed by atoms with Gasteiger partial charge in [-0.2, -0.15) is 0 Å². The number of nitrogens with two attached hydrogens (primary N) is 1. The van der Waals surface area contributed by atoms with Gasteiger partial charge in [-0.25, -0.2) is 0 Å². The summed E-state index contributed by atoms with van der Waals surface area (Å²) in [6.45, 7) is 4.63. The summed E-state index contributed by atoms with van der Waals surface area (Å²) < 4.78 is 0. The first-order valence-corrected chi connectivity index (χ1v) is 5.42. The maximum absolute atomic E-state index is 5.90. The Morgan fingerprint density at radius 2 is 2.25 bits per heavy atom. The zero-order valence-corrected chi connectivity index (χ0v) is 8.45. The van der Waals surface area contributed by atoms with Crippen molar-refractivity contribution in [2.24, 2.45) is 5.92 Å². The van der Waals surface area contributed by atoms with Crippen LogP contribution in [0.3, 0.4) is 0 Å². The zero-order valence-electron chi connectivity index (χ0n) is 7.63. The van der Waals surface area contributed by atoms with E-state index in [-0.39, 0.29) is 0 Å². The highest BCUT2D eigenvalue weighted by atomic mass is 32.1. The van der Waals surface area contributed by atoms with Crippen LogP contribution < -0.4 is 5.73 Å². The second kappa shape index (κ2) is 2.77. The van der Waals surface area contributed by atoms with Crippen molar-refractivity contribution in [1.82, 2.24) is 0 Å². The lowest BCUT2D eigenvalue weighted by molar-refractivity contribution is 0.457. The van der Waals surface area contributed by atoms with E-state index in [4.69, 9.17) is 5.73 Å². The van der Waals surface area contributed by atoms with E-state index in [0.29, 0.717) is 0 Å². The first kappa shape index (κ1) is 8.11. The van der Waals surface area contributed by atoms with Crippen molar-refractivity contribution >= 4 is 17.0 Å². The first-order chi connectivity index (χ1) is 5.68. The second-order valence-corrected chi connectivity index (χ2v) is 4.89. The monoisotopic (exact) mass is 181 g/mol. The van der Waals surface area contributed by atoms with Crippen molar-refractivity contribution in [1.29, 1.82) is 0 Å². The molecule has 1 aromatic rings. The molecule has 0 amide bonds. The molecule has 2 rings (SSSR count). The van der Waals surface area contributed by atoms with Crippen LogP contribution in [0.2, 0.25) is 0 Å². The zero-order chi connectivity index (χ0) is 8.72. The molecule has 1 nitrogen and oxygen atoms in total. The van der Waals surface area contributed by atoms with Crippen LogP contribution >= 0.6 is 11.3 Å². The Bertz CT molecular complexity index is 290. The molecule has 2 unspecified atom stereocenters. The first-order valence-electron chi connectivity index (χ1n) is 4.54. The van der Waals surface area contributed by atoms with Crippen LogP contribution in [0.4, 0.5) is 5.69 Å². The van der Waals surface area contributed by atoms with Gasteiger partial charge in [0.05, 0.1) is 0 Å². The number of rotatable bonds is 0. The summed E-state index contributed by atoms with van der Waals surface area (Å²) in [6.07, 6.45) is 2.52. The van der Waals surface area contributed by atoms with Crippen LogP contribution in [0.1, 0.15) is 36.6 Å². The molecular formula is C10H15NS. The molecule has 1 aliphatic rings. The molecule has 0 spiro atoms. The maximum atomic E-state index is 5.90. The maximum Gasteiger partial charge on any atom is 0.0458 e. The van der Waals surface area contributed by atoms with Gasteiger partial charge in [0.1, 0.15) is 0 Å². The Morgan fingerprint density at radius 3 is 3.00 bits per heavy atom. The van der Waals surface area contributed by atoms with E-state index in [1.807, 2.05) is 11.3 Å². The molecule has 0 aliphatic heterocycles. The van der Waals surface area contributed by atoms with E-state index in [1.165, 1.54) is 23.3 Å². The summed E-state index contributed by atoms with van der Waals surface area (Å²) in [4.78, 5) is 1.53. The van der Waals surface area contributed by atoms with Crippen LogP contribution in [-0.2, 0) is 6.42 Å². The summed E-state index contributed by atoms with van der Waals surface area (Å²) in [5, 5.41) is 2.10. The minimum Gasteiger partial charge on any atom is -0.398 e. The summed E-state index contributed by atoms with van der Waals surface area (Å²) in [5.41, 5.74) is 8.35. The molecule has 0 aromatic carbocycles. The Balaban J connectivity index is 2.43. The lowest BCUT2D eigenvalue weighted by Crippen LogP contribution is -2.13. The highest BCUT2D eigenvalue weighted by Gasteiger charge is 2.24. The molecule has 1 heterocycles. The lowest BCUT2D eigenvalue weighted by atomic mass is 9.83. The predicted octanol–water partition coefficient (Wildman–Crippen LogP) is 3.02. The van der Waals surface area contributed by atoms with Crippen molar-refractivity contribution < 1.29 is 0 Å². The van der Waals surface area contributed by atoms with Crippen molar-refractivity contribution in [3.8, 4) is 0 Å². The van der Waals surface area contributed by atoms with Crippen LogP contribution in [0, 0.1) is 5.92 Å². The molecule has 0 radical (unpaired) electrons. The quantitative estimate of drug-likeness (QED) is 0.654. The number of hydrogen-bond acceptors (Lipinski definition) is 2. The van der Waals surface area contributed by atoms with Crippen LogP contribution in [0.15, 0.2) is 5.38 Å². The third-order valence-corrected chi connectivity index (χ3v) is 3.99. The molecule has 0 saturated heterocycles. The summed E-state index contributed by atoms with van der Waals surface area (Å²) >= 11 is 1.84. The molecule has 0 saturated carbocycles. The molecule has 2 heteroatoms. The van der Waals surface area contributed by atoms with E-state index >= 15 is 0 Å². The van der Waals surface area contributed by atoms with E-state index in [9.17, 15) is 0 Å². The topological polar surface area (TPSA) is 26.0 Å². The average Bonchev–Trinajstić information content (AvgIpc) is 2.33. The molecule has 2 atom stereocenters. The Kier molecular flexibility index (Phi) is 1.87. The van der Waals surface area contributed by atoms with Gasteiger partial charge >= 0.3 is 0 Å². The van der Waals surface area contributed by atoms with E-state index in [2.05, 4.69) is 19.2 Å². The Morgan fingerprint density at radius 1 is 1.50 bits per heavy atom. The van der Waals surface area contributed by atoms with Crippen molar-refractivity contribution in [2.75, 3.05) is 5.73 Å². The van der Waals surface area contributed by atoms with Gasteiger partial charge in [-0.1, -0.05) is 13.8 Å². The summed E-state index contributed by atoms with van der Waals surface area (Å²) in [5.74, 6) is 1.54. The molecule has 66 valence electrons. The Hall–Kier alpha value is -0.500. The van der Waals surface area contributed by atoms with Crippen molar-refractivity contribution in [2.45, 2.75) is 32.6 Å². The van der Waals surface area contributed by atoms with Gasteiger partial charge in [0.25, 0.3) is 0 Å². The summed E-state index contributed by atoms with van der Waals surface area (Å²) in [7, 11) is 0. The van der Waals surface area contributed by atoms with Crippen molar-refractivity contribution in [3.05, 3.63) is 15.8 Å². The minimum absolute atomic E-state index is 0.728. The third kappa shape index (κ3) is 1.14. The summed E-state index contributed by atoms with van der Waals surface area (Å²) in [6, 6.07) is 0. The largest absolute Gasteiger partial charge is 0.398 e. The smallest absolute Gasteiger partial charge is 0.0458 e. The number of hydrogen-bond donors (Lipinski definition) is 1. The van der Waals surface area contributed by atoms with Crippen molar-refractivity contribution in [3.63, 3.8) is 0 Å². The molecular weight excluding hydrogens is 166 g/mol. The van der Waals surface area contributed by atoms with E-state index in [0.717, 1.165) is 17.5 Å². The SMILES string of the molecule is CC1Cc2c(N)csc2C(C)C1. The standard InChI is InChI=1S/C10H15NS/c1-6-3-7(2)10-8(4-6)9(11)5-12-10/h5-7H,3-4,11H2,1-2H3. The fraction of sp³-hybridized carbons (Fsp3) is 0.600. The van der Waals surface area contributed by atoms with E-state index < -0.39 is 0 Å². The number of nitrogen functional groups attached to an aromatic ring is 1. The predicted molar refractivity (Wildman–Crippen MR) is 54.6 cm³/mol. The molecule has 12 heavy (non-hydrogen) atoms. The van der Waals surface area contributed by atoms with Crippen LogP contribution in [0.25, 0.3) is 0 Å². The van der Waals surface area contributed by atoms with Gasteiger partial charge in [0.15, 0.2) is 0 Å². The molecule has 1 aromatic heterocycles. The number of anilines is 1. The highest BCUT2D eigenvalue weighted by Crippen LogP contribution is 2.40. The molecule has 2 N–H and O–H groups in total. The van der Waals surface area contributed by atoms with Gasteiger partial charge in [0, 0.05) is 15.9 Å².